The molecule has 2 aromatic heterocycles. The molecule has 0 spiro atoms. The molecule has 0 saturated carbocycles. The molecule has 1 N–H and O–H groups in total. The standard InChI is InChI=1S/C27H17N3/c1-2-7-18(8-3-1)30-25-15-14-24-26(23(25)16-28-30)22-13-12-20-19-9-5-4-6-17(19)10-11-21(20)27(22)29-24/h1-16,28H. The Kier molecular flexibility index (Phi) is 3.00. The predicted molar refractivity (Wildman–Crippen MR) is 125 cm³/mol. The lowest BCUT2D eigenvalue weighted by Crippen LogP contribution is -1.94. The molecule has 0 radical (unpaired) electrons. The molecule has 0 aliphatic rings. The summed E-state index contributed by atoms with van der Waals surface area (Å²) in [5, 5.41) is 12.0. The summed E-state index contributed by atoms with van der Waals surface area (Å²) in [7, 11) is 0. The van der Waals surface area contributed by atoms with Gasteiger partial charge in [-0.1, -0.05) is 66.7 Å². The minimum atomic E-state index is 1.04. The van der Waals surface area contributed by atoms with Crippen LogP contribution in [0.3, 0.4) is 0 Å². The zero-order chi connectivity index (χ0) is 19.7. The van der Waals surface area contributed by atoms with Crippen molar-refractivity contribution in [3.63, 3.8) is 0 Å². The van der Waals surface area contributed by atoms with E-state index in [1.54, 1.807) is 0 Å². The molecule has 30 heavy (non-hydrogen) atoms. The van der Waals surface area contributed by atoms with Gasteiger partial charge in [-0.25, -0.2) is 4.98 Å². The van der Waals surface area contributed by atoms with Crippen molar-refractivity contribution in [1.29, 1.82) is 0 Å². The zero-order valence-electron chi connectivity index (χ0n) is 16.1. The third-order valence-electron chi connectivity index (χ3n) is 6.19. The number of para-hydroxylation sites is 1. The number of nitrogens with one attached hydrogen (secondary N) is 1. The molecule has 0 aliphatic heterocycles. The molecule has 0 bridgehead atoms. The van der Waals surface area contributed by atoms with E-state index < -0.39 is 0 Å². The van der Waals surface area contributed by atoms with E-state index >= 15 is 0 Å². The summed E-state index contributed by atoms with van der Waals surface area (Å²) in [6.45, 7) is 0. The number of hydrogen-bond donors (Lipinski definition) is 1. The quantitative estimate of drug-likeness (QED) is 0.305. The first-order chi connectivity index (χ1) is 14.9. The smallest absolute Gasteiger partial charge is 0.0795 e. The average Bonchev–Trinajstić information content (AvgIpc) is 3.40. The second kappa shape index (κ2) is 5.71. The number of H-pyrrole nitrogens is 1. The zero-order valence-corrected chi connectivity index (χ0v) is 16.1. The van der Waals surface area contributed by atoms with Gasteiger partial charge in [-0.15, -0.1) is 0 Å². The summed E-state index contributed by atoms with van der Waals surface area (Å²) in [5.74, 6) is 0. The van der Waals surface area contributed by atoms with Gasteiger partial charge in [-0.05, 0) is 40.4 Å². The van der Waals surface area contributed by atoms with Gasteiger partial charge >= 0.3 is 0 Å². The van der Waals surface area contributed by atoms with Gasteiger partial charge in [0.1, 0.15) is 0 Å². The van der Waals surface area contributed by atoms with Crippen LogP contribution in [0.1, 0.15) is 0 Å². The first-order valence-corrected chi connectivity index (χ1v) is 10.2. The first-order valence-electron chi connectivity index (χ1n) is 10.2. The van der Waals surface area contributed by atoms with Crippen molar-refractivity contribution in [1.82, 2.24) is 14.8 Å². The molecule has 0 unspecified atom stereocenters. The van der Waals surface area contributed by atoms with Crippen molar-refractivity contribution in [3.05, 3.63) is 97.2 Å². The minimum absolute atomic E-state index is 1.04. The minimum Gasteiger partial charge on any atom is -0.300 e. The fourth-order valence-electron chi connectivity index (χ4n) is 4.82. The van der Waals surface area contributed by atoms with Gasteiger partial charge in [0, 0.05) is 27.7 Å². The van der Waals surface area contributed by atoms with Crippen molar-refractivity contribution in [2.24, 2.45) is 0 Å². The fourth-order valence-corrected chi connectivity index (χ4v) is 4.82. The topological polar surface area (TPSA) is 33.6 Å². The number of rotatable bonds is 1. The van der Waals surface area contributed by atoms with E-state index in [0.717, 1.165) is 22.2 Å². The summed E-state index contributed by atoms with van der Waals surface area (Å²) in [5.41, 5.74) is 4.39. The van der Waals surface area contributed by atoms with Crippen LogP contribution in [0.5, 0.6) is 0 Å². The van der Waals surface area contributed by atoms with E-state index in [2.05, 4.69) is 101 Å². The van der Waals surface area contributed by atoms with Gasteiger partial charge in [0.25, 0.3) is 0 Å². The maximum Gasteiger partial charge on any atom is 0.0795 e. The molecule has 0 saturated heterocycles. The maximum atomic E-state index is 5.06. The van der Waals surface area contributed by atoms with Crippen molar-refractivity contribution in [2.45, 2.75) is 0 Å². The van der Waals surface area contributed by atoms with Crippen LogP contribution in [0.2, 0.25) is 0 Å². The van der Waals surface area contributed by atoms with Crippen molar-refractivity contribution >= 4 is 54.3 Å². The average molecular weight is 383 g/mol. The number of hydrogen-bond acceptors (Lipinski definition) is 1. The summed E-state index contributed by atoms with van der Waals surface area (Å²) < 4.78 is 2.13. The fraction of sp³-hybridized carbons (Fsp3) is 0. The number of aromatic amines is 1. The summed E-state index contributed by atoms with van der Waals surface area (Å²) in [4.78, 5) is 5.06. The summed E-state index contributed by atoms with van der Waals surface area (Å²) >= 11 is 0. The summed E-state index contributed by atoms with van der Waals surface area (Å²) in [6.07, 6.45) is 2.09. The Labute approximate surface area is 172 Å². The molecule has 7 rings (SSSR count). The largest absolute Gasteiger partial charge is 0.300 e. The van der Waals surface area contributed by atoms with Crippen LogP contribution in [0.15, 0.2) is 97.2 Å². The Bertz CT molecular complexity index is 1740. The molecular weight excluding hydrogens is 366 g/mol. The molecular formula is C27H17N3. The molecule has 140 valence electrons. The molecule has 5 aromatic carbocycles. The molecule has 0 atom stereocenters. The Hall–Kier alpha value is -4.11. The van der Waals surface area contributed by atoms with Gasteiger partial charge in [0.2, 0.25) is 0 Å². The van der Waals surface area contributed by atoms with Crippen LogP contribution < -0.4 is 0 Å². The van der Waals surface area contributed by atoms with Gasteiger partial charge in [-0.3, -0.25) is 4.68 Å². The van der Waals surface area contributed by atoms with Crippen LogP contribution >= 0.6 is 0 Å². The highest BCUT2D eigenvalue weighted by atomic mass is 15.3. The molecule has 7 aromatic rings. The van der Waals surface area contributed by atoms with Gasteiger partial charge in [-0.2, -0.15) is 0 Å². The summed E-state index contributed by atoms with van der Waals surface area (Å²) in [6, 6.07) is 32.1. The Morgan fingerprint density at radius 1 is 0.600 bits per heavy atom. The molecule has 0 amide bonds. The maximum absolute atomic E-state index is 5.06. The van der Waals surface area contributed by atoms with E-state index in [4.69, 9.17) is 4.98 Å². The van der Waals surface area contributed by atoms with Crippen LogP contribution in [0.4, 0.5) is 0 Å². The highest BCUT2D eigenvalue weighted by Crippen LogP contribution is 2.37. The Morgan fingerprint density at radius 3 is 2.33 bits per heavy atom. The van der Waals surface area contributed by atoms with Crippen LogP contribution in [0, 0.1) is 0 Å². The molecule has 0 aliphatic carbocycles. The lowest BCUT2D eigenvalue weighted by molar-refractivity contribution is 0.911. The van der Waals surface area contributed by atoms with Gasteiger partial charge in [0.05, 0.1) is 22.2 Å². The van der Waals surface area contributed by atoms with Crippen LogP contribution in [-0.2, 0) is 0 Å². The second-order valence-electron chi connectivity index (χ2n) is 7.79. The highest BCUT2D eigenvalue weighted by molar-refractivity contribution is 6.26. The number of fused-ring (bicyclic) bond motifs is 9. The number of benzene rings is 5. The SMILES string of the molecule is c1ccc(-n2[nH]cc3c4c(ccc32)nc2c3ccc5ccccc5c3ccc24)cc1. The third kappa shape index (κ3) is 2.01. The van der Waals surface area contributed by atoms with Gasteiger partial charge in [0.15, 0.2) is 0 Å². The van der Waals surface area contributed by atoms with E-state index in [1.807, 2.05) is 6.07 Å². The monoisotopic (exact) mass is 383 g/mol. The van der Waals surface area contributed by atoms with Crippen molar-refractivity contribution < 1.29 is 0 Å². The third-order valence-corrected chi connectivity index (χ3v) is 6.19. The van der Waals surface area contributed by atoms with Crippen LogP contribution in [-0.4, -0.2) is 14.8 Å². The molecule has 2 heterocycles. The van der Waals surface area contributed by atoms with E-state index in [-0.39, 0.29) is 0 Å². The Morgan fingerprint density at radius 2 is 1.40 bits per heavy atom. The highest BCUT2D eigenvalue weighted by Gasteiger charge is 2.15. The second-order valence-corrected chi connectivity index (χ2v) is 7.79. The van der Waals surface area contributed by atoms with Crippen LogP contribution in [0.25, 0.3) is 59.9 Å². The van der Waals surface area contributed by atoms with E-state index in [0.29, 0.717) is 0 Å². The van der Waals surface area contributed by atoms with E-state index in [9.17, 15) is 0 Å². The van der Waals surface area contributed by atoms with Crippen molar-refractivity contribution in [3.8, 4) is 5.69 Å². The lowest BCUT2D eigenvalue weighted by atomic mass is 9.99. The number of aromatic nitrogens is 3. The Balaban J connectivity index is 1.60. The normalized spacial score (nSPS) is 12.0. The molecule has 3 nitrogen and oxygen atoms in total. The molecule has 0 fully saturated rings. The lowest BCUT2D eigenvalue weighted by Gasteiger charge is -2.05. The van der Waals surface area contributed by atoms with Gasteiger partial charge < -0.3 is 5.10 Å². The predicted octanol–water partition coefficient (Wildman–Crippen LogP) is 6.97. The molecule has 3 heteroatoms. The number of nitrogens with zero attached hydrogens (tertiary/aromatic N) is 2. The first kappa shape index (κ1) is 15.8. The van der Waals surface area contributed by atoms with E-state index in [1.165, 1.54) is 37.7 Å². The van der Waals surface area contributed by atoms with Crippen molar-refractivity contribution in [2.75, 3.05) is 0 Å².